The van der Waals surface area contributed by atoms with Gasteiger partial charge in [0, 0.05) is 16.3 Å². The molecule has 1 aliphatic rings. The molecule has 5 nitrogen and oxygen atoms in total. The Kier molecular flexibility index (Phi) is 7.05. The van der Waals surface area contributed by atoms with Crippen LogP contribution >= 0.6 is 23.8 Å². The number of anilines is 1. The van der Waals surface area contributed by atoms with Crippen LogP contribution < -0.4 is 10.2 Å². The fraction of sp³-hybridized carbons (Fsp3) is 0. The molecule has 2 heterocycles. The predicted molar refractivity (Wildman–Crippen MR) is 164 cm³/mol. The summed E-state index contributed by atoms with van der Waals surface area (Å²) < 4.78 is 16.8. The summed E-state index contributed by atoms with van der Waals surface area (Å²) in [6.45, 7) is 0. The minimum Gasteiger partial charge on any atom is -0.309 e. The number of rotatable bonds is 5. The second-order valence-corrected chi connectivity index (χ2v) is 10.1. The number of thiocarbonyl (C=S) groups is 1. The van der Waals surface area contributed by atoms with E-state index in [2.05, 4.69) is 9.88 Å². The smallest absolute Gasteiger partial charge is 0.270 e. The van der Waals surface area contributed by atoms with Gasteiger partial charge in [0.25, 0.3) is 11.8 Å². The van der Waals surface area contributed by atoms with E-state index in [9.17, 15) is 14.0 Å². The van der Waals surface area contributed by atoms with Crippen LogP contribution in [0, 0.1) is 5.82 Å². The lowest BCUT2D eigenvalue weighted by Gasteiger charge is -2.29. The Hall–Kier alpha value is -4.85. The largest absolute Gasteiger partial charge is 0.309 e. The fourth-order valence-electron chi connectivity index (χ4n) is 4.88. The maximum absolute atomic E-state index is 14.7. The van der Waals surface area contributed by atoms with Gasteiger partial charge in [-0.15, -0.1) is 0 Å². The zero-order valence-corrected chi connectivity index (χ0v) is 23.0. The van der Waals surface area contributed by atoms with E-state index in [-0.39, 0.29) is 16.4 Å². The minimum atomic E-state index is -0.719. The molecule has 0 bridgehead atoms. The molecule has 1 N–H and O–H groups in total. The van der Waals surface area contributed by atoms with Gasteiger partial charge in [-0.1, -0.05) is 84.4 Å². The predicted octanol–water partition coefficient (Wildman–Crippen LogP) is 7.44. The van der Waals surface area contributed by atoms with Crippen LogP contribution in [0.25, 0.3) is 34.3 Å². The summed E-state index contributed by atoms with van der Waals surface area (Å²) in [4.78, 5) is 27.9. The Morgan fingerprint density at radius 2 is 1.39 bits per heavy atom. The molecule has 41 heavy (non-hydrogen) atoms. The molecule has 0 spiro atoms. The molecule has 8 heteroatoms. The Balaban J connectivity index is 1.61. The van der Waals surface area contributed by atoms with Gasteiger partial charge < -0.3 is 4.57 Å². The molecular weight excluding hydrogens is 557 g/mol. The molecular formula is C33H21ClFN3O2S. The number of amides is 2. The summed E-state index contributed by atoms with van der Waals surface area (Å²) in [6.07, 6.45) is 1.54. The second kappa shape index (κ2) is 11.0. The number of nitrogens with one attached hydrogen (secondary N) is 1. The van der Waals surface area contributed by atoms with E-state index in [1.807, 2.05) is 91.0 Å². The Morgan fingerprint density at radius 1 is 0.780 bits per heavy atom. The van der Waals surface area contributed by atoms with E-state index >= 15 is 0 Å². The molecule has 6 rings (SSSR count). The zero-order valence-electron chi connectivity index (χ0n) is 21.4. The summed E-state index contributed by atoms with van der Waals surface area (Å²) in [7, 11) is 0. The summed E-state index contributed by atoms with van der Waals surface area (Å²) in [5.74, 6) is -2.01. The van der Waals surface area contributed by atoms with Gasteiger partial charge in [-0.05, 0) is 71.9 Å². The zero-order chi connectivity index (χ0) is 28.5. The van der Waals surface area contributed by atoms with Gasteiger partial charge in [-0.25, -0.2) is 9.29 Å². The minimum absolute atomic E-state index is 0.0413. The van der Waals surface area contributed by atoms with Crippen LogP contribution in [0.1, 0.15) is 5.56 Å². The van der Waals surface area contributed by atoms with Gasteiger partial charge in [-0.3, -0.25) is 14.9 Å². The first-order valence-corrected chi connectivity index (χ1v) is 13.5. The quantitative estimate of drug-likeness (QED) is 0.134. The van der Waals surface area contributed by atoms with Gasteiger partial charge in [-0.2, -0.15) is 0 Å². The van der Waals surface area contributed by atoms with Crippen LogP contribution in [0.5, 0.6) is 0 Å². The lowest BCUT2D eigenvalue weighted by molar-refractivity contribution is -0.122. The number of hydrogen-bond acceptors (Lipinski definition) is 3. The Bertz CT molecular complexity index is 1830. The highest BCUT2D eigenvalue weighted by atomic mass is 35.5. The van der Waals surface area contributed by atoms with Gasteiger partial charge in [0.15, 0.2) is 5.11 Å². The molecule has 1 aliphatic heterocycles. The van der Waals surface area contributed by atoms with Crippen molar-refractivity contribution < 1.29 is 14.0 Å². The van der Waals surface area contributed by atoms with E-state index in [1.54, 1.807) is 6.07 Å². The lowest BCUT2D eigenvalue weighted by Crippen LogP contribution is -2.54. The molecule has 1 saturated heterocycles. The number of hydrogen-bond donors (Lipinski definition) is 1. The number of benzene rings is 4. The molecule has 0 unspecified atom stereocenters. The van der Waals surface area contributed by atoms with Gasteiger partial charge in [0.1, 0.15) is 11.4 Å². The van der Waals surface area contributed by atoms with Crippen molar-refractivity contribution in [3.05, 3.63) is 137 Å². The normalized spacial score (nSPS) is 14.4. The van der Waals surface area contributed by atoms with Crippen LogP contribution in [0.2, 0.25) is 5.02 Å². The number of nitrogens with zero attached hydrogens (tertiary/aromatic N) is 2. The van der Waals surface area contributed by atoms with Gasteiger partial charge in [0.2, 0.25) is 0 Å². The first-order chi connectivity index (χ1) is 19.9. The van der Waals surface area contributed by atoms with Crippen LogP contribution in [0.15, 0.2) is 121 Å². The topological polar surface area (TPSA) is 54.3 Å². The maximum atomic E-state index is 14.7. The van der Waals surface area contributed by atoms with Crippen molar-refractivity contribution in [2.24, 2.45) is 0 Å². The first kappa shape index (κ1) is 26.4. The Morgan fingerprint density at radius 3 is 2.05 bits per heavy atom. The third-order valence-corrected chi connectivity index (χ3v) is 7.26. The first-order valence-electron chi connectivity index (χ1n) is 12.7. The van der Waals surface area contributed by atoms with Crippen molar-refractivity contribution in [3.8, 4) is 28.2 Å². The summed E-state index contributed by atoms with van der Waals surface area (Å²) >= 11 is 11.5. The van der Waals surface area contributed by atoms with Gasteiger partial charge in [0.05, 0.1) is 17.1 Å². The number of carbonyl (C=O) groups is 2. The molecule has 1 fully saturated rings. The van der Waals surface area contributed by atoms with E-state index in [1.165, 1.54) is 24.3 Å². The van der Waals surface area contributed by atoms with Crippen molar-refractivity contribution >= 4 is 52.5 Å². The number of para-hydroxylation sites is 1. The fourth-order valence-corrected chi connectivity index (χ4v) is 5.28. The van der Waals surface area contributed by atoms with Crippen molar-refractivity contribution in [1.82, 2.24) is 9.88 Å². The molecule has 4 aromatic carbocycles. The molecule has 0 atom stereocenters. The van der Waals surface area contributed by atoms with Crippen LogP contribution in [-0.4, -0.2) is 21.5 Å². The SMILES string of the molecule is O=C1NC(=S)N(c2ccccc2F)C(=O)/C1=C\c1cc(-c2ccccc2)n(-c2ccc(Cl)cc2)c1-c1ccccc1. The highest BCUT2D eigenvalue weighted by Gasteiger charge is 2.36. The van der Waals surface area contributed by atoms with E-state index in [0.717, 1.165) is 33.1 Å². The number of carbonyl (C=O) groups excluding carboxylic acids is 2. The third-order valence-electron chi connectivity index (χ3n) is 6.73. The standard InChI is InChI=1S/C33H21ClFN3O2S/c34-24-15-17-25(18-16-24)37-29(21-9-3-1-4-10-21)20-23(30(37)22-11-5-2-6-12-22)19-26-31(39)36-33(41)38(32(26)40)28-14-8-7-13-27(28)35/h1-20H,(H,36,39,41)/b26-19-. The van der Waals surface area contributed by atoms with Crippen LogP contribution in [0.3, 0.4) is 0 Å². The highest BCUT2D eigenvalue weighted by molar-refractivity contribution is 7.80. The van der Waals surface area contributed by atoms with Crippen molar-refractivity contribution in [2.75, 3.05) is 4.90 Å². The molecule has 200 valence electrons. The van der Waals surface area contributed by atoms with Gasteiger partial charge >= 0.3 is 0 Å². The summed E-state index contributed by atoms with van der Waals surface area (Å²) in [5, 5.41) is 2.96. The molecule has 1 aromatic heterocycles. The third kappa shape index (κ3) is 4.97. The van der Waals surface area contributed by atoms with Crippen LogP contribution in [-0.2, 0) is 9.59 Å². The average molecular weight is 578 g/mol. The second-order valence-electron chi connectivity index (χ2n) is 9.29. The monoisotopic (exact) mass is 577 g/mol. The van der Waals surface area contributed by atoms with E-state index < -0.39 is 17.6 Å². The Labute approximate surface area is 246 Å². The lowest BCUT2D eigenvalue weighted by atomic mass is 10.0. The summed E-state index contributed by atoms with van der Waals surface area (Å²) in [5.41, 5.74) is 4.62. The average Bonchev–Trinajstić information content (AvgIpc) is 3.36. The maximum Gasteiger partial charge on any atom is 0.270 e. The molecule has 0 aliphatic carbocycles. The number of aromatic nitrogens is 1. The van der Waals surface area contributed by atoms with Crippen LogP contribution in [0.4, 0.5) is 10.1 Å². The van der Waals surface area contributed by atoms with E-state index in [4.69, 9.17) is 23.8 Å². The summed E-state index contributed by atoms with van der Waals surface area (Å²) in [6, 6.07) is 34.6. The molecule has 5 aromatic rings. The molecule has 2 amide bonds. The van der Waals surface area contributed by atoms with Crippen molar-refractivity contribution in [1.29, 1.82) is 0 Å². The highest BCUT2D eigenvalue weighted by Crippen LogP contribution is 2.38. The molecule has 0 radical (unpaired) electrons. The van der Waals surface area contributed by atoms with Crippen molar-refractivity contribution in [3.63, 3.8) is 0 Å². The van der Waals surface area contributed by atoms with Crippen molar-refractivity contribution in [2.45, 2.75) is 0 Å². The number of halogens is 2. The van der Waals surface area contributed by atoms with E-state index in [0.29, 0.717) is 10.6 Å². The molecule has 0 saturated carbocycles.